The molecule has 0 aliphatic carbocycles. The van der Waals surface area contributed by atoms with E-state index in [1.165, 1.54) is 73.7 Å². The zero-order valence-electron chi connectivity index (χ0n) is 27.2. The Morgan fingerprint density at radius 1 is 0.812 bits per heavy atom. The Kier molecular flexibility index (Phi) is 12.1. The van der Waals surface area contributed by atoms with Crippen molar-refractivity contribution in [3.05, 3.63) is 120 Å². The monoisotopic (exact) mass is 679 g/mol. The largest absolute Gasteiger partial charge is 0.493 e. The number of methoxy groups -OCH3 is 2. The zero-order valence-corrected chi connectivity index (χ0v) is 28.0. The van der Waals surface area contributed by atoms with Gasteiger partial charge in [0.15, 0.2) is 11.5 Å². The molecular formula is C36H39F2N3O6S. The molecule has 0 heterocycles. The second kappa shape index (κ2) is 16.2. The van der Waals surface area contributed by atoms with Crippen molar-refractivity contribution in [3.63, 3.8) is 0 Å². The summed E-state index contributed by atoms with van der Waals surface area (Å²) < 4.78 is 67.8. The SMILES string of the molecule is CC[C@H](C)NC(=O)[C@@H](Cc1ccccc1)N(Cc1ccc(F)cc1)C(=O)CN(c1ccc(F)cc1)S(=O)(=O)c1ccc(OC)c(OC)c1. The van der Waals surface area contributed by atoms with Gasteiger partial charge in [-0.15, -0.1) is 0 Å². The maximum Gasteiger partial charge on any atom is 0.264 e. The molecule has 0 aromatic heterocycles. The number of carbonyl (C=O) groups is 2. The zero-order chi connectivity index (χ0) is 34.8. The summed E-state index contributed by atoms with van der Waals surface area (Å²) in [5.74, 6) is -1.78. The fourth-order valence-corrected chi connectivity index (χ4v) is 6.45. The number of ether oxygens (including phenoxy) is 2. The van der Waals surface area contributed by atoms with Crippen LogP contribution in [0.5, 0.6) is 11.5 Å². The van der Waals surface area contributed by atoms with Crippen LogP contribution in [0.2, 0.25) is 0 Å². The Labute approximate surface area is 280 Å². The van der Waals surface area contributed by atoms with Gasteiger partial charge in [-0.2, -0.15) is 0 Å². The molecule has 4 aromatic rings. The van der Waals surface area contributed by atoms with E-state index in [1.807, 2.05) is 44.2 Å². The highest BCUT2D eigenvalue weighted by atomic mass is 32.2. The summed E-state index contributed by atoms with van der Waals surface area (Å²) in [4.78, 5) is 29.5. The van der Waals surface area contributed by atoms with Crippen molar-refractivity contribution in [2.45, 2.75) is 50.2 Å². The number of benzene rings is 4. The van der Waals surface area contributed by atoms with Gasteiger partial charge in [0.2, 0.25) is 11.8 Å². The van der Waals surface area contributed by atoms with Crippen LogP contribution in [0.4, 0.5) is 14.5 Å². The van der Waals surface area contributed by atoms with Crippen LogP contribution >= 0.6 is 0 Å². The Hall–Kier alpha value is -4.97. The van der Waals surface area contributed by atoms with E-state index in [9.17, 15) is 26.8 Å². The van der Waals surface area contributed by atoms with E-state index in [-0.39, 0.29) is 35.3 Å². The molecule has 0 bridgehead atoms. The molecule has 12 heteroatoms. The van der Waals surface area contributed by atoms with Gasteiger partial charge >= 0.3 is 0 Å². The van der Waals surface area contributed by atoms with Crippen molar-refractivity contribution in [1.82, 2.24) is 10.2 Å². The molecule has 0 saturated carbocycles. The van der Waals surface area contributed by atoms with E-state index >= 15 is 0 Å². The lowest BCUT2D eigenvalue weighted by molar-refractivity contribution is -0.140. The first-order chi connectivity index (χ1) is 23.0. The van der Waals surface area contributed by atoms with Crippen LogP contribution in [-0.4, -0.2) is 58.0 Å². The minimum Gasteiger partial charge on any atom is -0.493 e. The highest BCUT2D eigenvalue weighted by molar-refractivity contribution is 7.92. The van der Waals surface area contributed by atoms with Gasteiger partial charge in [-0.25, -0.2) is 17.2 Å². The first kappa shape index (κ1) is 35.9. The van der Waals surface area contributed by atoms with Crippen LogP contribution in [0.1, 0.15) is 31.4 Å². The summed E-state index contributed by atoms with van der Waals surface area (Å²) in [6.45, 7) is 2.89. The first-order valence-electron chi connectivity index (χ1n) is 15.3. The van der Waals surface area contributed by atoms with Gasteiger partial charge in [0, 0.05) is 25.1 Å². The highest BCUT2D eigenvalue weighted by Crippen LogP contribution is 2.32. The van der Waals surface area contributed by atoms with E-state index in [0.717, 1.165) is 22.0 Å². The smallest absolute Gasteiger partial charge is 0.264 e. The summed E-state index contributed by atoms with van der Waals surface area (Å²) in [5, 5.41) is 2.96. The number of halogens is 2. The van der Waals surface area contributed by atoms with Gasteiger partial charge < -0.3 is 19.7 Å². The molecule has 0 aliphatic heterocycles. The topological polar surface area (TPSA) is 105 Å². The molecule has 2 amide bonds. The normalized spacial score (nSPS) is 12.5. The van der Waals surface area contributed by atoms with Crippen molar-refractivity contribution in [1.29, 1.82) is 0 Å². The maximum atomic E-state index is 14.5. The van der Waals surface area contributed by atoms with Gasteiger partial charge in [0.05, 0.1) is 24.8 Å². The van der Waals surface area contributed by atoms with E-state index < -0.39 is 46.1 Å². The van der Waals surface area contributed by atoms with Crippen LogP contribution in [0.25, 0.3) is 0 Å². The Morgan fingerprint density at radius 3 is 2.00 bits per heavy atom. The van der Waals surface area contributed by atoms with Crippen molar-refractivity contribution in [2.24, 2.45) is 0 Å². The fraction of sp³-hybridized carbons (Fsp3) is 0.278. The fourth-order valence-electron chi connectivity index (χ4n) is 5.02. The molecule has 2 atom stereocenters. The number of amides is 2. The quantitative estimate of drug-likeness (QED) is 0.172. The summed E-state index contributed by atoms with van der Waals surface area (Å²) in [6.07, 6.45) is 0.757. The molecule has 1 N–H and O–H groups in total. The van der Waals surface area contributed by atoms with E-state index in [4.69, 9.17) is 9.47 Å². The Bertz CT molecular complexity index is 1790. The molecule has 0 radical (unpaired) electrons. The number of carbonyl (C=O) groups excluding carboxylic acids is 2. The van der Waals surface area contributed by atoms with Crippen molar-refractivity contribution in [3.8, 4) is 11.5 Å². The van der Waals surface area contributed by atoms with Gasteiger partial charge in [0.1, 0.15) is 24.2 Å². The summed E-state index contributed by atoms with van der Waals surface area (Å²) in [7, 11) is -1.71. The lowest BCUT2D eigenvalue weighted by atomic mass is 10.0. The number of nitrogens with zero attached hydrogens (tertiary/aromatic N) is 2. The molecular weight excluding hydrogens is 640 g/mol. The third kappa shape index (κ3) is 8.88. The molecule has 254 valence electrons. The second-order valence-corrected chi connectivity index (χ2v) is 13.0. The average Bonchev–Trinajstić information content (AvgIpc) is 3.09. The van der Waals surface area contributed by atoms with E-state index in [0.29, 0.717) is 17.7 Å². The molecule has 4 aromatic carbocycles. The van der Waals surface area contributed by atoms with Crippen molar-refractivity contribution >= 4 is 27.5 Å². The Morgan fingerprint density at radius 2 is 1.42 bits per heavy atom. The number of sulfonamides is 1. The van der Waals surface area contributed by atoms with Gasteiger partial charge in [-0.3, -0.25) is 13.9 Å². The predicted molar refractivity (Wildman–Crippen MR) is 179 cm³/mol. The van der Waals surface area contributed by atoms with Gasteiger partial charge in [-0.05, 0) is 73.0 Å². The van der Waals surface area contributed by atoms with Crippen LogP contribution < -0.4 is 19.1 Å². The number of hydrogen-bond acceptors (Lipinski definition) is 6. The molecule has 48 heavy (non-hydrogen) atoms. The molecule has 0 saturated heterocycles. The maximum absolute atomic E-state index is 14.5. The highest BCUT2D eigenvalue weighted by Gasteiger charge is 2.35. The molecule has 9 nitrogen and oxygen atoms in total. The second-order valence-electron chi connectivity index (χ2n) is 11.2. The lowest BCUT2D eigenvalue weighted by Gasteiger charge is -2.34. The minimum absolute atomic E-state index is 0.0185. The number of hydrogen-bond donors (Lipinski definition) is 1. The molecule has 0 unspecified atom stereocenters. The first-order valence-corrected chi connectivity index (χ1v) is 16.8. The summed E-state index contributed by atoms with van der Waals surface area (Å²) in [5.41, 5.74) is 1.31. The molecule has 4 rings (SSSR count). The van der Waals surface area contributed by atoms with Gasteiger partial charge in [-0.1, -0.05) is 49.4 Å². The van der Waals surface area contributed by atoms with E-state index in [2.05, 4.69) is 5.32 Å². The molecule has 0 fully saturated rings. The third-order valence-electron chi connectivity index (χ3n) is 7.87. The van der Waals surface area contributed by atoms with Crippen molar-refractivity contribution in [2.75, 3.05) is 25.1 Å². The predicted octanol–water partition coefficient (Wildman–Crippen LogP) is 5.73. The third-order valence-corrected chi connectivity index (χ3v) is 9.64. The Balaban J connectivity index is 1.82. The molecule has 0 aliphatic rings. The number of anilines is 1. The van der Waals surface area contributed by atoms with Crippen LogP contribution in [0.15, 0.2) is 102 Å². The standard InChI is InChI=1S/C36H39F2N3O6S/c1-5-25(2)39-36(43)32(21-26-9-7-6-8-10-26)40(23-27-11-13-28(37)14-12-27)35(42)24-41(30-17-15-29(38)16-18-30)48(44,45)31-19-20-33(46-3)34(22-31)47-4/h6-20,22,25,32H,5,21,23-24H2,1-4H3,(H,39,43)/t25-,32+/m0/s1. The molecule has 0 spiro atoms. The van der Waals surface area contributed by atoms with E-state index in [1.54, 1.807) is 0 Å². The van der Waals surface area contributed by atoms with Gasteiger partial charge in [0.25, 0.3) is 10.0 Å². The average molecular weight is 680 g/mol. The van der Waals surface area contributed by atoms with Crippen LogP contribution in [0.3, 0.4) is 0 Å². The lowest BCUT2D eigenvalue weighted by Crippen LogP contribution is -2.54. The van der Waals surface area contributed by atoms with Crippen LogP contribution in [-0.2, 0) is 32.6 Å². The number of rotatable bonds is 15. The summed E-state index contributed by atoms with van der Waals surface area (Å²) >= 11 is 0. The summed E-state index contributed by atoms with van der Waals surface area (Å²) in [6, 6.07) is 22.0. The van der Waals surface area contributed by atoms with Crippen molar-refractivity contribution < 1.29 is 36.3 Å². The number of nitrogens with one attached hydrogen (secondary N) is 1. The minimum atomic E-state index is -4.48. The van der Waals surface area contributed by atoms with Crippen LogP contribution in [0, 0.1) is 11.6 Å².